The fraction of sp³-hybridized carbons (Fsp3) is 0.0556. The van der Waals surface area contributed by atoms with Crippen LogP contribution in [0, 0.1) is 0 Å². The van der Waals surface area contributed by atoms with Crippen LogP contribution in [0.25, 0.3) is 10.9 Å². The molecule has 0 fully saturated rings. The van der Waals surface area contributed by atoms with Gasteiger partial charge in [0.05, 0.1) is 11.1 Å². The number of ether oxygens (including phenoxy) is 2. The maximum absolute atomic E-state index is 12.3. The number of benzene rings is 2. The van der Waals surface area contributed by atoms with Gasteiger partial charge in [-0.3, -0.25) is 0 Å². The van der Waals surface area contributed by atoms with Gasteiger partial charge in [0.2, 0.25) is 0 Å². The molecule has 0 saturated heterocycles. The first kappa shape index (κ1) is 13.5. The number of carbonyl (C=O) groups is 2. The van der Waals surface area contributed by atoms with Crippen molar-refractivity contribution in [2.75, 3.05) is 0 Å². The molecule has 112 valence electrons. The van der Waals surface area contributed by atoms with Crippen molar-refractivity contribution >= 4 is 22.8 Å². The molecule has 23 heavy (non-hydrogen) atoms. The summed E-state index contributed by atoms with van der Waals surface area (Å²) in [7, 11) is 0. The minimum absolute atomic E-state index is 0.170. The van der Waals surface area contributed by atoms with Gasteiger partial charge in [0, 0.05) is 10.9 Å². The topological polar surface area (TPSA) is 65.5 Å². The molecule has 1 atom stereocenters. The molecule has 5 nitrogen and oxygen atoms in total. The summed E-state index contributed by atoms with van der Waals surface area (Å²) in [6, 6.07) is 17.7. The second-order valence-electron chi connectivity index (χ2n) is 5.12. The van der Waals surface area contributed by atoms with E-state index < -0.39 is 18.2 Å². The Balaban J connectivity index is 1.61. The van der Waals surface area contributed by atoms with Crippen LogP contribution in [-0.4, -0.2) is 16.9 Å². The standard InChI is InChI=1S/C18H11NO4/c20-16-12-6-2-3-7-13(12)18(22-16)23-17(21)15-10-9-11-5-1-4-8-14(11)19-15/h1-10,18H/t18-/m1/s1. The molecular formula is C18H11NO4. The predicted molar refractivity (Wildman–Crippen MR) is 81.8 cm³/mol. The van der Waals surface area contributed by atoms with Crippen LogP contribution < -0.4 is 0 Å². The summed E-state index contributed by atoms with van der Waals surface area (Å²) in [6.45, 7) is 0. The van der Waals surface area contributed by atoms with Gasteiger partial charge in [0.1, 0.15) is 5.69 Å². The van der Waals surface area contributed by atoms with E-state index in [4.69, 9.17) is 9.47 Å². The molecule has 2 heterocycles. The normalized spacial score (nSPS) is 16.0. The third kappa shape index (κ3) is 2.32. The third-order valence-corrected chi connectivity index (χ3v) is 3.67. The lowest BCUT2D eigenvalue weighted by Gasteiger charge is -2.11. The predicted octanol–water partition coefficient (Wildman–Crippen LogP) is 3.26. The molecule has 0 bridgehead atoms. The molecular weight excluding hydrogens is 294 g/mol. The number of rotatable bonds is 2. The van der Waals surface area contributed by atoms with Gasteiger partial charge in [0.15, 0.2) is 0 Å². The zero-order valence-electron chi connectivity index (χ0n) is 11.9. The first-order valence-corrected chi connectivity index (χ1v) is 7.09. The Labute approximate surface area is 131 Å². The van der Waals surface area contributed by atoms with Crippen molar-refractivity contribution in [2.45, 2.75) is 6.29 Å². The SMILES string of the molecule is O=C(O[C@H]1OC(=O)c2ccccc21)c1ccc2ccccc2n1. The van der Waals surface area contributed by atoms with Gasteiger partial charge >= 0.3 is 11.9 Å². The highest BCUT2D eigenvalue weighted by atomic mass is 16.7. The van der Waals surface area contributed by atoms with Crippen molar-refractivity contribution in [2.24, 2.45) is 0 Å². The maximum atomic E-state index is 12.3. The van der Waals surface area contributed by atoms with Crippen molar-refractivity contribution in [3.63, 3.8) is 0 Å². The molecule has 0 amide bonds. The molecule has 2 aromatic carbocycles. The molecule has 4 rings (SSSR count). The quantitative estimate of drug-likeness (QED) is 0.680. The van der Waals surface area contributed by atoms with Crippen molar-refractivity contribution in [1.82, 2.24) is 4.98 Å². The zero-order valence-corrected chi connectivity index (χ0v) is 11.9. The van der Waals surface area contributed by atoms with E-state index in [2.05, 4.69) is 4.98 Å². The Kier molecular flexibility index (Phi) is 3.05. The zero-order chi connectivity index (χ0) is 15.8. The smallest absolute Gasteiger partial charge is 0.360 e. The summed E-state index contributed by atoms with van der Waals surface area (Å²) in [6.07, 6.45) is -1.03. The van der Waals surface area contributed by atoms with Crippen LogP contribution in [0.4, 0.5) is 0 Å². The lowest BCUT2D eigenvalue weighted by molar-refractivity contribution is -0.0727. The number of nitrogens with zero attached hydrogens (tertiary/aromatic N) is 1. The van der Waals surface area contributed by atoms with Crippen molar-refractivity contribution in [1.29, 1.82) is 0 Å². The number of esters is 2. The Hall–Kier alpha value is -3.21. The minimum Gasteiger partial charge on any atom is -0.417 e. The number of para-hydroxylation sites is 1. The van der Waals surface area contributed by atoms with Gasteiger partial charge in [-0.05, 0) is 18.2 Å². The summed E-state index contributed by atoms with van der Waals surface area (Å²) in [5.41, 5.74) is 1.83. The molecule has 0 spiro atoms. The number of carbonyl (C=O) groups excluding carboxylic acids is 2. The summed E-state index contributed by atoms with van der Waals surface area (Å²) in [4.78, 5) is 28.3. The van der Waals surface area contributed by atoms with E-state index in [-0.39, 0.29) is 5.69 Å². The van der Waals surface area contributed by atoms with Crippen molar-refractivity contribution in [3.05, 3.63) is 77.5 Å². The second kappa shape index (κ2) is 5.21. The average Bonchev–Trinajstić information content (AvgIpc) is 2.91. The van der Waals surface area contributed by atoms with E-state index in [9.17, 15) is 9.59 Å². The molecule has 1 aromatic heterocycles. The van der Waals surface area contributed by atoms with Gasteiger partial charge in [-0.25, -0.2) is 14.6 Å². The molecule has 0 unspecified atom stereocenters. The van der Waals surface area contributed by atoms with Crippen LogP contribution in [0.15, 0.2) is 60.7 Å². The third-order valence-electron chi connectivity index (χ3n) is 3.67. The van der Waals surface area contributed by atoms with Crippen LogP contribution in [0.3, 0.4) is 0 Å². The molecule has 0 N–H and O–H groups in total. The molecule has 1 aliphatic heterocycles. The van der Waals surface area contributed by atoms with Gasteiger partial charge in [0.25, 0.3) is 6.29 Å². The molecule has 1 aliphatic rings. The lowest BCUT2D eigenvalue weighted by Crippen LogP contribution is -2.13. The van der Waals surface area contributed by atoms with E-state index in [1.807, 2.05) is 24.3 Å². The van der Waals surface area contributed by atoms with E-state index in [1.54, 1.807) is 36.4 Å². The molecule has 5 heteroatoms. The number of pyridine rings is 1. The van der Waals surface area contributed by atoms with Crippen molar-refractivity contribution < 1.29 is 19.1 Å². The molecule has 0 aliphatic carbocycles. The van der Waals surface area contributed by atoms with Crippen LogP contribution in [-0.2, 0) is 9.47 Å². The molecule has 3 aromatic rings. The largest absolute Gasteiger partial charge is 0.417 e. The fourth-order valence-corrected chi connectivity index (χ4v) is 2.54. The van der Waals surface area contributed by atoms with Gasteiger partial charge in [-0.2, -0.15) is 0 Å². The number of fused-ring (bicyclic) bond motifs is 2. The Bertz CT molecular complexity index is 935. The Morgan fingerprint density at radius 3 is 2.70 bits per heavy atom. The first-order valence-electron chi connectivity index (χ1n) is 7.09. The summed E-state index contributed by atoms with van der Waals surface area (Å²) in [5, 5.41) is 0.932. The average molecular weight is 305 g/mol. The highest BCUT2D eigenvalue weighted by Gasteiger charge is 2.33. The van der Waals surface area contributed by atoms with E-state index in [1.165, 1.54) is 0 Å². The summed E-state index contributed by atoms with van der Waals surface area (Å²) >= 11 is 0. The van der Waals surface area contributed by atoms with Crippen LogP contribution in [0.1, 0.15) is 32.7 Å². The molecule has 0 saturated carbocycles. The Morgan fingerprint density at radius 2 is 1.78 bits per heavy atom. The fourth-order valence-electron chi connectivity index (χ4n) is 2.54. The maximum Gasteiger partial charge on any atom is 0.360 e. The minimum atomic E-state index is -1.03. The van der Waals surface area contributed by atoms with E-state index >= 15 is 0 Å². The summed E-state index contributed by atoms with van der Waals surface area (Å²) in [5.74, 6) is -1.13. The number of cyclic esters (lactones) is 1. The highest BCUT2D eigenvalue weighted by Crippen LogP contribution is 2.31. The van der Waals surface area contributed by atoms with Gasteiger partial charge < -0.3 is 9.47 Å². The van der Waals surface area contributed by atoms with E-state index in [0.29, 0.717) is 16.6 Å². The Morgan fingerprint density at radius 1 is 1.00 bits per heavy atom. The number of hydrogen-bond donors (Lipinski definition) is 0. The van der Waals surface area contributed by atoms with Gasteiger partial charge in [-0.1, -0.05) is 42.5 Å². The number of aromatic nitrogens is 1. The lowest BCUT2D eigenvalue weighted by atomic mass is 10.1. The summed E-state index contributed by atoms with van der Waals surface area (Å²) < 4.78 is 10.4. The van der Waals surface area contributed by atoms with E-state index in [0.717, 1.165) is 5.39 Å². The van der Waals surface area contributed by atoms with Crippen LogP contribution >= 0.6 is 0 Å². The molecule has 0 radical (unpaired) electrons. The highest BCUT2D eigenvalue weighted by molar-refractivity contribution is 5.95. The second-order valence-corrected chi connectivity index (χ2v) is 5.12. The van der Waals surface area contributed by atoms with Gasteiger partial charge in [-0.15, -0.1) is 0 Å². The monoisotopic (exact) mass is 305 g/mol. The van der Waals surface area contributed by atoms with Crippen molar-refractivity contribution in [3.8, 4) is 0 Å². The van der Waals surface area contributed by atoms with Crippen LogP contribution in [0.2, 0.25) is 0 Å². The van der Waals surface area contributed by atoms with Crippen LogP contribution in [0.5, 0.6) is 0 Å². The first-order chi connectivity index (χ1) is 11.2. The number of hydrogen-bond acceptors (Lipinski definition) is 5.